The van der Waals surface area contributed by atoms with Crippen molar-refractivity contribution in [2.45, 2.75) is 37.8 Å². The fourth-order valence-corrected chi connectivity index (χ4v) is 2.76. The predicted molar refractivity (Wildman–Crippen MR) is 79.4 cm³/mol. The molecule has 1 aromatic carbocycles. The summed E-state index contributed by atoms with van der Waals surface area (Å²) < 4.78 is 11.5. The highest BCUT2D eigenvalue weighted by molar-refractivity contribution is 5.82. The molecule has 1 aromatic rings. The number of hydrogen-bond acceptors (Lipinski definition) is 4. The van der Waals surface area contributed by atoms with E-state index in [-0.39, 0.29) is 12.5 Å². The highest BCUT2D eigenvalue weighted by Crippen LogP contribution is 2.32. The average Bonchev–Trinajstić information content (AvgIpc) is 2.48. The third-order valence-electron chi connectivity index (χ3n) is 4.19. The molecule has 0 aromatic heterocycles. The second-order valence-corrected chi connectivity index (χ2v) is 5.62. The molecule has 1 amide bonds. The molecular weight excluding hydrogens is 268 g/mol. The van der Waals surface area contributed by atoms with Gasteiger partial charge in [0.2, 0.25) is 6.10 Å². The first-order chi connectivity index (χ1) is 10.3. The van der Waals surface area contributed by atoms with Crippen LogP contribution in [-0.4, -0.2) is 42.6 Å². The van der Waals surface area contributed by atoms with E-state index in [1.54, 1.807) is 0 Å². The van der Waals surface area contributed by atoms with Gasteiger partial charge in [-0.25, -0.2) is 0 Å². The topological polar surface area (TPSA) is 64.8 Å². The fraction of sp³-hybridized carbons (Fsp3) is 0.562. The largest absolute Gasteiger partial charge is 0.485 e. The SMILES string of the molecule is NCCCN(C(=O)C1COc2ccccc2O1)C1CCC1. The zero-order valence-corrected chi connectivity index (χ0v) is 12.2. The van der Waals surface area contributed by atoms with E-state index in [4.69, 9.17) is 15.2 Å². The molecule has 0 bridgehead atoms. The van der Waals surface area contributed by atoms with Crippen molar-refractivity contribution in [1.29, 1.82) is 0 Å². The van der Waals surface area contributed by atoms with Crippen molar-refractivity contribution in [3.8, 4) is 11.5 Å². The molecule has 1 saturated carbocycles. The van der Waals surface area contributed by atoms with Gasteiger partial charge in [0.1, 0.15) is 6.61 Å². The molecule has 5 heteroatoms. The second-order valence-electron chi connectivity index (χ2n) is 5.62. The molecule has 5 nitrogen and oxygen atoms in total. The molecule has 0 saturated heterocycles. The minimum absolute atomic E-state index is 0.0302. The smallest absolute Gasteiger partial charge is 0.267 e. The zero-order chi connectivity index (χ0) is 14.7. The standard InChI is InChI=1S/C16H22N2O3/c17-9-4-10-18(12-5-3-6-12)16(19)15-11-20-13-7-1-2-8-14(13)21-15/h1-2,7-8,12,15H,3-6,9-11,17H2. The molecule has 1 atom stereocenters. The lowest BCUT2D eigenvalue weighted by Gasteiger charge is -2.40. The van der Waals surface area contributed by atoms with E-state index in [9.17, 15) is 4.79 Å². The van der Waals surface area contributed by atoms with E-state index in [0.29, 0.717) is 30.6 Å². The molecule has 1 unspecified atom stereocenters. The highest BCUT2D eigenvalue weighted by Gasteiger charge is 2.35. The number of para-hydroxylation sites is 2. The van der Waals surface area contributed by atoms with Gasteiger partial charge >= 0.3 is 0 Å². The minimum atomic E-state index is -0.543. The van der Waals surface area contributed by atoms with Gasteiger partial charge in [-0.2, -0.15) is 0 Å². The molecule has 21 heavy (non-hydrogen) atoms. The normalized spacial score (nSPS) is 20.7. The van der Waals surface area contributed by atoms with Crippen LogP contribution in [0.3, 0.4) is 0 Å². The Kier molecular flexibility index (Phi) is 4.29. The van der Waals surface area contributed by atoms with Crippen molar-refractivity contribution in [3.05, 3.63) is 24.3 Å². The molecule has 1 aliphatic heterocycles. The fourth-order valence-electron chi connectivity index (χ4n) is 2.76. The first-order valence-corrected chi connectivity index (χ1v) is 7.68. The Bertz CT molecular complexity index is 502. The number of nitrogens with zero attached hydrogens (tertiary/aromatic N) is 1. The van der Waals surface area contributed by atoms with Gasteiger partial charge in [-0.1, -0.05) is 12.1 Å². The number of carbonyl (C=O) groups excluding carboxylic acids is 1. The Morgan fingerprint density at radius 1 is 1.29 bits per heavy atom. The van der Waals surface area contributed by atoms with Gasteiger partial charge in [-0.3, -0.25) is 4.79 Å². The molecule has 0 spiro atoms. The van der Waals surface area contributed by atoms with Crippen LogP contribution in [0.2, 0.25) is 0 Å². The maximum atomic E-state index is 12.7. The number of rotatable bonds is 5. The number of nitrogens with two attached hydrogens (primary N) is 1. The Hall–Kier alpha value is -1.75. The van der Waals surface area contributed by atoms with Gasteiger partial charge in [-0.15, -0.1) is 0 Å². The summed E-state index contributed by atoms with van der Waals surface area (Å²) in [5.74, 6) is 1.39. The summed E-state index contributed by atoms with van der Waals surface area (Å²) in [5, 5.41) is 0. The van der Waals surface area contributed by atoms with Gasteiger partial charge in [0, 0.05) is 12.6 Å². The number of ether oxygens (including phenoxy) is 2. The van der Waals surface area contributed by atoms with Crippen LogP contribution in [0.1, 0.15) is 25.7 Å². The summed E-state index contributed by atoms with van der Waals surface area (Å²) in [6, 6.07) is 7.82. The van der Waals surface area contributed by atoms with E-state index in [0.717, 1.165) is 19.3 Å². The summed E-state index contributed by atoms with van der Waals surface area (Å²) in [7, 11) is 0. The molecular formula is C16H22N2O3. The minimum Gasteiger partial charge on any atom is -0.485 e. The zero-order valence-electron chi connectivity index (χ0n) is 12.2. The lowest BCUT2D eigenvalue weighted by atomic mass is 9.91. The number of fused-ring (bicyclic) bond motifs is 1. The first-order valence-electron chi connectivity index (χ1n) is 7.68. The molecule has 3 rings (SSSR count). The van der Waals surface area contributed by atoms with E-state index in [1.807, 2.05) is 29.2 Å². The molecule has 1 heterocycles. The van der Waals surface area contributed by atoms with Crippen molar-refractivity contribution in [3.63, 3.8) is 0 Å². The molecule has 1 fully saturated rings. The number of hydrogen-bond donors (Lipinski definition) is 1. The summed E-state index contributed by atoms with van der Waals surface area (Å²) in [6.07, 6.45) is 3.65. The summed E-state index contributed by atoms with van der Waals surface area (Å²) in [5.41, 5.74) is 5.58. The van der Waals surface area contributed by atoms with E-state index in [2.05, 4.69) is 0 Å². The number of benzene rings is 1. The van der Waals surface area contributed by atoms with Crippen LogP contribution in [0.5, 0.6) is 11.5 Å². The molecule has 114 valence electrons. The Morgan fingerprint density at radius 3 is 2.71 bits per heavy atom. The van der Waals surface area contributed by atoms with Crippen molar-refractivity contribution < 1.29 is 14.3 Å². The van der Waals surface area contributed by atoms with Crippen LogP contribution in [0.25, 0.3) is 0 Å². The van der Waals surface area contributed by atoms with Gasteiger partial charge in [0.25, 0.3) is 5.91 Å². The van der Waals surface area contributed by atoms with Gasteiger partial charge in [0.15, 0.2) is 11.5 Å². The molecule has 1 aliphatic carbocycles. The van der Waals surface area contributed by atoms with Crippen LogP contribution >= 0.6 is 0 Å². The van der Waals surface area contributed by atoms with Crippen LogP contribution in [0.4, 0.5) is 0 Å². The van der Waals surface area contributed by atoms with E-state index < -0.39 is 6.10 Å². The van der Waals surface area contributed by atoms with Crippen molar-refractivity contribution in [1.82, 2.24) is 4.90 Å². The Labute approximate surface area is 125 Å². The Balaban J connectivity index is 1.68. The molecule has 2 N–H and O–H groups in total. The second kappa shape index (κ2) is 6.35. The van der Waals surface area contributed by atoms with Crippen molar-refractivity contribution in [2.24, 2.45) is 5.73 Å². The quantitative estimate of drug-likeness (QED) is 0.893. The van der Waals surface area contributed by atoms with Gasteiger partial charge in [-0.05, 0) is 44.4 Å². The summed E-state index contributed by atoms with van der Waals surface area (Å²) >= 11 is 0. The van der Waals surface area contributed by atoms with E-state index >= 15 is 0 Å². The van der Waals surface area contributed by atoms with Crippen molar-refractivity contribution in [2.75, 3.05) is 19.7 Å². The van der Waals surface area contributed by atoms with Crippen LogP contribution in [-0.2, 0) is 4.79 Å². The lowest BCUT2D eigenvalue weighted by molar-refractivity contribution is -0.145. The highest BCUT2D eigenvalue weighted by atomic mass is 16.6. The van der Waals surface area contributed by atoms with Crippen LogP contribution in [0, 0.1) is 0 Å². The summed E-state index contributed by atoms with van der Waals surface area (Å²) in [6.45, 7) is 1.59. The Morgan fingerprint density at radius 2 is 2.05 bits per heavy atom. The monoisotopic (exact) mass is 290 g/mol. The predicted octanol–water partition coefficient (Wildman–Crippen LogP) is 1.56. The van der Waals surface area contributed by atoms with Gasteiger partial charge < -0.3 is 20.1 Å². The van der Waals surface area contributed by atoms with Crippen molar-refractivity contribution >= 4 is 5.91 Å². The number of carbonyl (C=O) groups is 1. The average molecular weight is 290 g/mol. The number of amides is 1. The van der Waals surface area contributed by atoms with E-state index in [1.165, 1.54) is 6.42 Å². The van der Waals surface area contributed by atoms with Crippen LogP contribution < -0.4 is 15.2 Å². The van der Waals surface area contributed by atoms with Crippen LogP contribution in [0.15, 0.2) is 24.3 Å². The molecule has 0 radical (unpaired) electrons. The van der Waals surface area contributed by atoms with Gasteiger partial charge in [0.05, 0.1) is 0 Å². The maximum absolute atomic E-state index is 12.7. The summed E-state index contributed by atoms with van der Waals surface area (Å²) in [4.78, 5) is 14.7. The first kappa shape index (κ1) is 14.2. The maximum Gasteiger partial charge on any atom is 0.267 e. The third-order valence-corrected chi connectivity index (χ3v) is 4.19. The third kappa shape index (κ3) is 2.97. The molecule has 2 aliphatic rings. The lowest BCUT2D eigenvalue weighted by Crippen LogP contribution is -2.52.